The predicted molar refractivity (Wildman–Crippen MR) is 149 cm³/mol. The summed E-state index contributed by atoms with van der Waals surface area (Å²) in [5.41, 5.74) is 12.1. The molecule has 0 radical (unpaired) electrons. The molecular weight excluding hydrogens is 440 g/mol. The largest absolute Gasteiger partial charge is 0.496 e. The Balaban J connectivity index is 1.45. The molecule has 36 heavy (non-hydrogen) atoms. The fraction of sp³-hybridized carbons (Fsp3) is 0.0588. The Morgan fingerprint density at radius 2 is 1.44 bits per heavy atom. The summed E-state index contributed by atoms with van der Waals surface area (Å²) in [6.07, 6.45) is 9.48. The van der Waals surface area contributed by atoms with Gasteiger partial charge in [0.25, 0.3) is 0 Å². The number of furan rings is 1. The van der Waals surface area contributed by atoms with Gasteiger partial charge in [-0.05, 0) is 80.4 Å². The molecule has 0 saturated heterocycles. The summed E-state index contributed by atoms with van der Waals surface area (Å²) in [5.74, 6) is 0. The van der Waals surface area contributed by atoms with Gasteiger partial charge >= 0.3 is 0 Å². The Morgan fingerprint density at radius 3 is 2.39 bits per heavy atom. The van der Waals surface area contributed by atoms with Crippen molar-refractivity contribution in [2.24, 2.45) is 0 Å². The van der Waals surface area contributed by atoms with E-state index in [1.807, 2.05) is 6.26 Å². The number of fused-ring (bicyclic) bond motifs is 7. The molecule has 5 aromatic carbocycles. The summed E-state index contributed by atoms with van der Waals surface area (Å²) in [6, 6.07) is 30.2. The average Bonchev–Trinajstić information content (AvgIpc) is 3.56. The van der Waals surface area contributed by atoms with Crippen molar-refractivity contribution >= 4 is 44.9 Å². The highest BCUT2D eigenvalue weighted by Crippen LogP contribution is 2.46. The molecule has 1 aliphatic carbocycles. The minimum absolute atomic E-state index is 0.571. The summed E-state index contributed by atoms with van der Waals surface area (Å²) < 4.78 is 12.2. The first-order valence-corrected chi connectivity index (χ1v) is 12.4. The molecule has 0 N–H and O–H groups in total. The van der Waals surface area contributed by atoms with Crippen molar-refractivity contribution < 1.29 is 9.15 Å². The molecule has 6 aromatic rings. The first kappa shape index (κ1) is 19.7. The van der Waals surface area contributed by atoms with Crippen LogP contribution in [0.1, 0.15) is 22.3 Å². The van der Waals surface area contributed by atoms with Crippen molar-refractivity contribution in [3.05, 3.63) is 120 Å². The number of hydrogen-bond acceptors (Lipinski definition) is 2. The van der Waals surface area contributed by atoms with Gasteiger partial charge < -0.3 is 9.15 Å². The number of hydrogen-bond donors (Lipinski definition) is 0. The van der Waals surface area contributed by atoms with Crippen molar-refractivity contribution in [2.45, 2.75) is 13.0 Å². The van der Waals surface area contributed by atoms with Gasteiger partial charge in [-0.1, -0.05) is 78.9 Å². The van der Waals surface area contributed by atoms with Crippen molar-refractivity contribution in [2.75, 3.05) is 0 Å². The summed E-state index contributed by atoms with van der Waals surface area (Å²) >= 11 is 0. The lowest BCUT2D eigenvalue weighted by atomic mass is 9.81. The number of rotatable bonds is 2. The van der Waals surface area contributed by atoms with Gasteiger partial charge in [0.05, 0.1) is 6.26 Å². The second-order valence-corrected chi connectivity index (χ2v) is 9.59. The van der Waals surface area contributed by atoms with Crippen molar-refractivity contribution in [1.29, 1.82) is 0 Å². The van der Waals surface area contributed by atoms with E-state index in [9.17, 15) is 0 Å². The Morgan fingerprint density at radius 1 is 0.611 bits per heavy atom. The minimum atomic E-state index is 0.571. The molecule has 0 spiro atoms. The lowest BCUT2D eigenvalue weighted by Gasteiger charge is -2.25. The van der Waals surface area contributed by atoms with Gasteiger partial charge in [0.1, 0.15) is 17.8 Å². The normalized spacial score (nSPS) is 13.9. The summed E-state index contributed by atoms with van der Waals surface area (Å²) in [5, 5.41) is 4.80. The summed E-state index contributed by atoms with van der Waals surface area (Å²) in [4.78, 5) is 0. The molecule has 2 heterocycles. The first-order valence-electron chi connectivity index (χ1n) is 12.4. The zero-order valence-electron chi connectivity index (χ0n) is 19.6. The van der Waals surface area contributed by atoms with E-state index < -0.39 is 0 Å². The summed E-state index contributed by atoms with van der Waals surface area (Å²) in [6.45, 7) is 0.571. The molecule has 2 aliphatic rings. The zero-order valence-corrected chi connectivity index (χ0v) is 19.6. The maximum Gasteiger partial charge on any atom is 0.136 e. The quantitative estimate of drug-likeness (QED) is 0.256. The topological polar surface area (TPSA) is 22.4 Å². The van der Waals surface area contributed by atoms with Crippen LogP contribution in [0.15, 0.2) is 102 Å². The second-order valence-electron chi connectivity index (χ2n) is 9.59. The number of allylic oxidation sites excluding steroid dienone is 1. The van der Waals surface area contributed by atoms with E-state index in [0.717, 1.165) is 23.0 Å². The Hall–Kier alpha value is -4.56. The Kier molecular flexibility index (Phi) is 4.09. The van der Waals surface area contributed by atoms with Crippen LogP contribution in [0.4, 0.5) is 0 Å². The van der Waals surface area contributed by atoms with Crippen LogP contribution in [-0.2, 0) is 17.8 Å². The molecule has 0 fully saturated rings. The van der Waals surface area contributed by atoms with E-state index >= 15 is 0 Å². The van der Waals surface area contributed by atoms with E-state index in [4.69, 9.17) is 9.15 Å². The molecule has 8 rings (SSSR count). The van der Waals surface area contributed by atoms with Crippen LogP contribution in [0.25, 0.3) is 67.1 Å². The number of benzene rings is 5. The van der Waals surface area contributed by atoms with Gasteiger partial charge in [-0.3, -0.25) is 0 Å². The fourth-order valence-corrected chi connectivity index (χ4v) is 6.14. The lowest BCUT2D eigenvalue weighted by Crippen LogP contribution is -2.07. The Labute approximate surface area is 208 Å². The molecule has 2 heteroatoms. The van der Waals surface area contributed by atoms with Gasteiger partial charge in [-0.25, -0.2) is 0 Å². The standard InChI is InChI=1S/C34H22O2/c1-2-8-22(9-3-1)32-25-11-6-12-26(25)33(29-20-35-18-17-27(29)32)23-14-15-30-28(19-23)34-24-10-5-4-7-21(24)13-16-31(34)36-30/h1-11,13-19H,12,20H2. The summed E-state index contributed by atoms with van der Waals surface area (Å²) in [7, 11) is 0. The average molecular weight is 463 g/mol. The van der Waals surface area contributed by atoms with Crippen molar-refractivity contribution in [1.82, 2.24) is 0 Å². The van der Waals surface area contributed by atoms with Crippen molar-refractivity contribution in [3.63, 3.8) is 0 Å². The smallest absolute Gasteiger partial charge is 0.136 e. The molecule has 1 aliphatic heterocycles. The Bertz CT molecular complexity index is 1900. The molecule has 0 amide bonds. The van der Waals surface area contributed by atoms with E-state index in [-0.39, 0.29) is 0 Å². The zero-order chi connectivity index (χ0) is 23.6. The SMILES string of the molecule is C1=Cc2c(c(-c3ccc4oc5ccc6ccccc6c5c4c3)c3c(c2-c2ccccc2)C=COC3)C1. The third-order valence-electron chi connectivity index (χ3n) is 7.67. The van der Waals surface area contributed by atoms with Crippen molar-refractivity contribution in [3.8, 4) is 22.3 Å². The van der Waals surface area contributed by atoms with Crippen LogP contribution in [0.2, 0.25) is 0 Å². The van der Waals surface area contributed by atoms with Crippen LogP contribution >= 0.6 is 0 Å². The van der Waals surface area contributed by atoms with Crippen LogP contribution in [-0.4, -0.2) is 0 Å². The van der Waals surface area contributed by atoms with Gasteiger partial charge in [0.15, 0.2) is 0 Å². The molecule has 2 nitrogen and oxygen atoms in total. The minimum Gasteiger partial charge on any atom is -0.496 e. The second kappa shape index (κ2) is 7.47. The van der Waals surface area contributed by atoms with E-state index in [1.165, 1.54) is 60.7 Å². The van der Waals surface area contributed by atoms with Crippen LogP contribution in [0.5, 0.6) is 0 Å². The lowest BCUT2D eigenvalue weighted by molar-refractivity contribution is 0.235. The van der Waals surface area contributed by atoms with E-state index in [2.05, 4.69) is 103 Å². The van der Waals surface area contributed by atoms with Crippen LogP contribution in [0, 0.1) is 0 Å². The third-order valence-corrected chi connectivity index (χ3v) is 7.67. The predicted octanol–water partition coefficient (Wildman–Crippen LogP) is 9.14. The maximum atomic E-state index is 6.29. The molecule has 0 bridgehead atoms. The molecule has 0 unspecified atom stereocenters. The highest BCUT2D eigenvalue weighted by Gasteiger charge is 2.26. The van der Waals surface area contributed by atoms with Gasteiger partial charge in [0.2, 0.25) is 0 Å². The molecule has 0 atom stereocenters. The molecule has 1 aromatic heterocycles. The van der Waals surface area contributed by atoms with Gasteiger partial charge in [0, 0.05) is 16.3 Å². The first-order chi connectivity index (χ1) is 17.9. The van der Waals surface area contributed by atoms with Crippen LogP contribution in [0.3, 0.4) is 0 Å². The fourth-order valence-electron chi connectivity index (χ4n) is 6.14. The highest BCUT2D eigenvalue weighted by atomic mass is 16.5. The third kappa shape index (κ3) is 2.73. The molecule has 170 valence electrons. The number of ether oxygens (including phenoxy) is 1. The monoisotopic (exact) mass is 462 g/mol. The maximum absolute atomic E-state index is 6.29. The van der Waals surface area contributed by atoms with Crippen LogP contribution < -0.4 is 0 Å². The molecular formula is C34H22O2. The molecule has 0 saturated carbocycles. The van der Waals surface area contributed by atoms with E-state index in [0.29, 0.717) is 6.61 Å². The van der Waals surface area contributed by atoms with E-state index in [1.54, 1.807) is 0 Å². The highest BCUT2D eigenvalue weighted by molar-refractivity contribution is 6.19. The van der Waals surface area contributed by atoms with Gasteiger partial charge in [-0.15, -0.1) is 0 Å². The van der Waals surface area contributed by atoms with Gasteiger partial charge in [-0.2, -0.15) is 0 Å².